The first-order valence-electron chi connectivity index (χ1n) is 8.87. The maximum Gasteiger partial charge on any atom is 0.280 e. The van der Waals surface area contributed by atoms with Crippen molar-refractivity contribution in [2.75, 3.05) is 6.54 Å². The molecule has 1 N–H and O–H groups in total. The van der Waals surface area contributed by atoms with Gasteiger partial charge in [-0.1, -0.05) is 46.9 Å². The average molecular weight is 437 g/mol. The Bertz CT molecular complexity index is 1130. The van der Waals surface area contributed by atoms with Crippen molar-refractivity contribution in [3.05, 3.63) is 73.1 Å². The van der Waals surface area contributed by atoms with E-state index < -0.39 is 5.56 Å². The number of carbonyl (C=O) groups is 1. The minimum Gasteiger partial charge on any atom is -0.334 e. The van der Waals surface area contributed by atoms with Gasteiger partial charge < -0.3 is 9.88 Å². The highest BCUT2D eigenvalue weighted by atomic mass is 35.5. The van der Waals surface area contributed by atoms with Gasteiger partial charge >= 0.3 is 0 Å². The Morgan fingerprint density at radius 3 is 2.75 bits per heavy atom. The van der Waals surface area contributed by atoms with Crippen molar-refractivity contribution < 1.29 is 4.79 Å². The predicted molar refractivity (Wildman–Crippen MR) is 112 cm³/mol. The molecule has 0 bridgehead atoms. The van der Waals surface area contributed by atoms with Gasteiger partial charge in [-0.05, 0) is 49.1 Å². The number of benzene rings is 2. The second-order valence-corrected chi connectivity index (χ2v) is 8.08. The van der Waals surface area contributed by atoms with Crippen molar-refractivity contribution in [1.82, 2.24) is 14.9 Å². The summed E-state index contributed by atoms with van der Waals surface area (Å²) < 4.78 is 0. The molecule has 0 radical (unpaired) electrons. The molecule has 4 rings (SSSR count). The Hall–Kier alpha value is -2.08. The van der Waals surface area contributed by atoms with Gasteiger partial charge in [-0.25, -0.2) is 4.98 Å². The van der Waals surface area contributed by atoms with Crippen LogP contribution in [0.25, 0.3) is 11.0 Å². The van der Waals surface area contributed by atoms with Gasteiger partial charge in [0.2, 0.25) is 0 Å². The third kappa shape index (κ3) is 3.75. The maximum absolute atomic E-state index is 13.1. The summed E-state index contributed by atoms with van der Waals surface area (Å²) in [6, 6.07) is 10.7. The average Bonchev–Trinajstić information content (AvgIpc) is 3.10. The third-order valence-corrected chi connectivity index (χ3v) is 5.89. The molecule has 1 saturated heterocycles. The number of aromatic amines is 1. The van der Waals surface area contributed by atoms with Gasteiger partial charge in [0.05, 0.1) is 21.1 Å². The van der Waals surface area contributed by atoms with Crippen LogP contribution in [0.4, 0.5) is 0 Å². The zero-order valence-electron chi connectivity index (χ0n) is 14.7. The molecular formula is C20H16Cl3N3O2. The number of hydrogen-bond acceptors (Lipinski definition) is 3. The lowest BCUT2D eigenvalue weighted by molar-refractivity contribution is 0.0729. The Kier molecular flexibility index (Phi) is 5.32. The van der Waals surface area contributed by atoms with Crippen LogP contribution in [-0.4, -0.2) is 33.4 Å². The van der Waals surface area contributed by atoms with Gasteiger partial charge in [0.15, 0.2) is 5.69 Å². The number of amides is 1. The molecule has 1 atom stereocenters. The van der Waals surface area contributed by atoms with Gasteiger partial charge in [-0.3, -0.25) is 9.59 Å². The molecule has 144 valence electrons. The Morgan fingerprint density at radius 2 is 1.96 bits per heavy atom. The van der Waals surface area contributed by atoms with Crippen LogP contribution in [0.3, 0.4) is 0 Å². The molecule has 0 saturated carbocycles. The first kappa shape index (κ1) is 19.2. The van der Waals surface area contributed by atoms with Gasteiger partial charge in [0.25, 0.3) is 11.5 Å². The van der Waals surface area contributed by atoms with Gasteiger partial charge in [0.1, 0.15) is 0 Å². The van der Waals surface area contributed by atoms with Crippen molar-refractivity contribution in [3.8, 4) is 0 Å². The number of nitrogens with zero attached hydrogens (tertiary/aromatic N) is 2. The van der Waals surface area contributed by atoms with Crippen molar-refractivity contribution in [1.29, 1.82) is 0 Å². The fraction of sp³-hybridized carbons (Fsp3) is 0.250. The van der Waals surface area contributed by atoms with Crippen LogP contribution in [0.2, 0.25) is 15.1 Å². The summed E-state index contributed by atoms with van der Waals surface area (Å²) in [7, 11) is 0. The van der Waals surface area contributed by atoms with Crippen LogP contribution in [0.15, 0.2) is 41.2 Å². The maximum atomic E-state index is 13.1. The van der Waals surface area contributed by atoms with Crippen molar-refractivity contribution in [2.45, 2.75) is 25.3 Å². The Balaban J connectivity index is 1.65. The van der Waals surface area contributed by atoms with Gasteiger partial charge in [-0.15, -0.1) is 0 Å². The number of aromatic nitrogens is 2. The number of likely N-dealkylation sites (tertiary alicyclic amines) is 1. The smallest absolute Gasteiger partial charge is 0.280 e. The Morgan fingerprint density at radius 1 is 1.18 bits per heavy atom. The molecule has 1 aliphatic rings. The molecule has 8 heteroatoms. The zero-order valence-corrected chi connectivity index (χ0v) is 17.0. The van der Waals surface area contributed by atoms with Crippen molar-refractivity contribution in [2.24, 2.45) is 0 Å². The van der Waals surface area contributed by atoms with Crippen molar-refractivity contribution in [3.63, 3.8) is 0 Å². The van der Waals surface area contributed by atoms with Crippen LogP contribution in [-0.2, 0) is 6.42 Å². The number of carbonyl (C=O) groups excluding carboxylic acids is 1. The molecule has 1 fully saturated rings. The van der Waals surface area contributed by atoms with E-state index in [1.807, 2.05) is 24.3 Å². The largest absolute Gasteiger partial charge is 0.334 e. The molecule has 1 unspecified atom stereocenters. The van der Waals surface area contributed by atoms with Gasteiger partial charge in [0, 0.05) is 17.6 Å². The van der Waals surface area contributed by atoms with Crippen LogP contribution < -0.4 is 5.56 Å². The van der Waals surface area contributed by atoms with Crippen LogP contribution in [0.5, 0.6) is 0 Å². The quantitative estimate of drug-likeness (QED) is 0.645. The lowest BCUT2D eigenvalue weighted by Crippen LogP contribution is -2.40. The van der Waals surface area contributed by atoms with E-state index in [0.717, 1.165) is 18.4 Å². The van der Waals surface area contributed by atoms with E-state index in [1.165, 1.54) is 6.07 Å². The van der Waals surface area contributed by atoms with E-state index >= 15 is 0 Å². The monoisotopic (exact) mass is 435 g/mol. The highest BCUT2D eigenvalue weighted by Crippen LogP contribution is 2.27. The summed E-state index contributed by atoms with van der Waals surface area (Å²) in [5, 5.41) is 1.29. The SMILES string of the molecule is O=C(c1nc2cc(Cl)c(Cl)cc2[nH]c1=O)N1CCCC1Cc1cccc(Cl)c1. The summed E-state index contributed by atoms with van der Waals surface area (Å²) in [4.78, 5) is 34.2. The molecule has 0 spiro atoms. The van der Waals surface area contributed by atoms with E-state index in [1.54, 1.807) is 11.0 Å². The minimum absolute atomic E-state index is 0.00308. The van der Waals surface area contributed by atoms with E-state index in [4.69, 9.17) is 34.8 Å². The minimum atomic E-state index is -0.538. The fourth-order valence-corrected chi connectivity index (χ4v) is 4.15. The molecule has 5 nitrogen and oxygen atoms in total. The van der Waals surface area contributed by atoms with Gasteiger partial charge in [-0.2, -0.15) is 0 Å². The first-order valence-corrected chi connectivity index (χ1v) is 10.0. The number of H-pyrrole nitrogens is 1. The lowest BCUT2D eigenvalue weighted by Gasteiger charge is -2.24. The second-order valence-electron chi connectivity index (χ2n) is 6.83. The summed E-state index contributed by atoms with van der Waals surface area (Å²) in [5.74, 6) is -0.376. The highest BCUT2D eigenvalue weighted by Gasteiger charge is 2.31. The molecule has 2 aromatic carbocycles. The summed E-state index contributed by atoms with van der Waals surface area (Å²) >= 11 is 18.1. The third-order valence-electron chi connectivity index (χ3n) is 4.94. The standard InChI is InChI=1S/C20H16Cl3N3O2/c21-12-4-1-3-11(7-12)8-13-5-2-6-26(13)20(28)18-19(27)25-17-10-15(23)14(22)9-16(17)24-18/h1,3-4,7,9-10,13H,2,5-6,8H2,(H,25,27). The van der Waals surface area contributed by atoms with E-state index in [2.05, 4.69) is 9.97 Å². The number of hydrogen-bond donors (Lipinski definition) is 1. The molecule has 1 amide bonds. The number of rotatable bonds is 3. The van der Waals surface area contributed by atoms with Crippen LogP contribution in [0, 0.1) is 0 Å². The lowest BCUT2D eigenvalue weighted by atomic mass is 10.0. The predicted octanol–water partition coefficient (Wildman–Crippen LogP) is 4.73. The Labute approximate surface area is 176 Å². The second kappa shape index (κ2) is 7.74. The fourth-order valence-electron chi connectivity index (χ4n) is 3.61. The number of fused-ring (bicyclic) bond motifs is 1. The summed E-state index contributed by atoms with van der Waals surface area (Å²) in [6.45, 7) is 0.588. The number of nitrogens with one attached hydrogen (secondary N) is 1. The number of halogens is 3. The molecule has 0 aliphatic carbocycles. The first-order chi connectivity index (χ1) is 13.4. The topological polar surface area (TPSA) is 66.1 Å². The normalized spacial score (nSPS) is 16.7. The van der Waals surface area contributed by atoms with Crippen LogP contribution >= 0.6 is 34.8 Å². The summed E-state index contributed by atoms with van der Waals surface area (Å²) in [5.41, 5.74) is 1.24. The molecule has 2 heterocycles. The van der Waals surface area contributed by atoms with E-state index in [0.29, 0.717) is 39.1 Å². The van der Waals surface area contributed by atoms with E-state index in [-0.39, 0.29) is 17.6 Å². The van der Waals surface area contributed by atoms with Crippen molar-refractivity contribution >= 4 is 51.7 Å². The highest BCUT2D eigenvalue weighted by molar-refractivity contribution is 6.42. The molecule has 28 heavy (non-hydrogen) atoms. The molecule has 3 aromatic rings. The van der Waals surface area contributed by atoms with Crippen LogP contribution in [0.1, 0.15) is 28.9 Å². The molecule has 1 aromatic heterocycles. The molecule has 1 aliphatic heterocycles. The zero-order chi connectivity index (χ0) is 19.8. The van der Waals surface area contributed by atoms with E-state index in [9.17, 15) is 9.59 Å². The summed E-state index contributed by atoms with van der Waals surface area (Å²) in [6.07, 6.45) is 2.42. The molecular weight excluding hydrogens is 421 g/mol.